The lowest BCUT2D eigenvalue weighted by Crippen LogP contribution is -2.38. The van der Waals surface area contributed by atoms with Crippen molar-refractivity contribution >= 4 is 18.1 Å². The fraction of sp³-hybridized carbons (Fsp3) is 0.429. The van der Waals surface area contributed by atoms with Crippen molar-refractivity contribution in [3.63, 3.8) is 0 Å². The zero-order valence-electron chi connectivity index (χ0n) is 17.3. The van der Waals surface area contributed by atoms with E-state index in [2.05, 4.69) is 33.7 Å². The second-order valence-electron chi connectivity index (χ2n) is 7.92. The molecule has 30 heavy (non-hydrogen) atoms. The number of rotatable bonds is 4. The molecule has 0 bridgehead atoms. The summed E-state index contributed by atoms with van der Waals surface area (Å²) in [5.74, 6) is 0.774. The van der Waals surface area contributed by atoms with Crippen molar-refractivity contribution in [1.29, 1.82) is 0 Å². The van der Waals surface area contributed by atoms with Gasteiger partial charge in [0.1, 0.15) is 17.3 Å². The van der Waals surface area contributed by atoms with Crippen LogP contribution >= 0.6 is 12.2 Å². The number of aromatic amines is 1. The lowest BCUT2D eigenvalue weighted by molar-refractivity contribution is 0.0709. The molecule has 2 aromatic heterocycles. The Balaban J connectivity index is 1.49. The first-order chi connectivity index (χ1) is 14.4. The van der Waals surface area contributed by atoms with Crippen molar-refractivity contribution in [1.82, 2.24) is 29.4 Å². The van der Waals surface area contributed by atoms with Gasteiger partial charge in [-0.15, -0.1) is 0 Å². The fourth-order valence-corrected chi connectivity index (χ4v) is 4.45. The minimum absolute atomic E-state index is 0.0729. The number of aromatic nitrogens is 5. The molecule has 1 saturated heterocycles. The van der Waals surface area contributed by atoms with Crippen molar-refractivity contribution in [2.75, 3.05) is 13.1 Å². The Morgan fingerprint density at radius 3 is 2.63 bits per heavy atom. The third-order valence-electron chi connectivity index (χ3n) is 5.72. The van der Waals surface area contributed by atoms with Gasteiger partial charge in [0, 0.05) is 25.0 Å². The van der Waals surface area contributed by atoms with Crippen LogP contribution in [0.1, 0.15) is 60.5 Å². The van der Waals surface area contributed by atoms with Crippen LogP contribution in [0.25, 0.3) is 5.69 Å². The summed E-state index contributed by atoms with van der Waals surface area (Å²) in [5.41, 5.74) is 1.47. The molecule has 0 radical (unpaired) electrons. The van der Waals surface area contributed by atoms with Gasteiger partial charge in [0.25, 0.3) is 5.91 Å². The number of H-pyrrole nitrogens is 1. The van der Waals surface area contributed by atoms with E-state index in [4.69, 9.17) is 12.2 Å². The van der Waals surface area contributed by atoms with Gasteiger partial charge in [0.2, 0.25) is 0 Å². The van der Waals surface area contributed by atoms with E-state index in [-0.39, 0.29) is 23.7 Å². The molecule has 0 saturated carbocycles. The molecule has 0 aliphatic carbocycles. The average Bonchev–Trinajstić information content (AvgIpc) is 3.31. The quantitative estimate of drug-likeness (QED) is 0.633. The molecule has 4 rings (SSSR count). The standard InChI is InChI=1S/C21H25FN6OS/c1-13(2)27-19(24-25-21(27)30)15-8-10-26(11-9-15)20(29)16-12-23-28(14(16)3)18-7-5-4-6-17(18)22/h4-7,12-13,15H,8-11H2,1-3H3,(H,25,30). The fourth-order valence-electron chi connectivity index (χ4n) is 4.10. The molecule has 0 atom stereocenters. The van der Waals surface area contributed by atoms with Gasteiger partial charge in [-0.3, -0.25) is 9.89 Å². The Bertz CT molecular complexity index is 1120. The van der Waals surface area contributed by atoms with Gasteiger partial charge in [0.05, 0.1) is 17.5 Å². The Hall–Kier alpha value is -2.81. The Kier molecular flexibility index (Phi) is 5.55. The van der Waals surface area contributed by atoms with Crippen LogP contribution in [0.15, 0.2) is 30.5 Å². The summed E-state index contributed by atoms with van der Waals surface area (Å²) >= 11 is 5.36. The van der Waals surface area contributed by atoms with E-state index in [1.54, 1.807) is 25.1 Å². The Morgan fingerprint density at radius 2 is 1.97 bits per heavy atom. The highest BCUT2D eigenvalue weighted by atomic mass is 32.1. The summed E-state index contributed by atoms with van der Waals surface area (Å²) in [7, 11) is 0. The van der Waals surface area contributed by atoms with E-state index in [0.717, 1.165) is 18.7 Å². The first-order valence-electron chi connectivity index (χ1n) is 10.1. The van der Waals surface area contributed by atoms with Crippen LogP contribution < -0.4 is 0 Å². The normalized spacial score (nSPS) is 15.2. The zero-order valence-corrected chi connectivity index (χ0v) is 18.1. The summed E-state index contributed by atoms with van der Waals surface area (Å²) in [6.45, 7) is 7.23. The third kappa shape index (κ3) is 3.58. The Morgan fingerprint density at radius 1 is 1.27 bits per heavy atom. The molecular formula is C21H25FN6OS. The molecule has 1 amide bonds. The third-order valence-corrected chi connectivity index (χ3v) is 6.00. The second-order valence-corrected chi connectivity index (χ2v) is 8.31. The van der Waals surface area contributed by atoms with Crippen LogP contribution in [-0.2, 0) is 0 Å². The minimum atomic E-state index is -0.373. The van der Waals surface area contributed by atoms with Gasteiger partial charge in [-0.25, -0.2) is 9.07 Å². The average molecular weight is 429 g/mol. The van der Waals surface area contributed by atoms with Crippen LogP contribution in [0, 0.1) is 17.5 Å². The number of carbonyl (C=O) groups excluding carboxylic acids is 1. The highest BCUT2D eigenvalue weighted by molar-refractivity contribution is 7.71. The predicted octanol–water partition coefficient (Wildman–Crippen LogP) is 4.17. The molecule has 7 nitrogen and oxygen atoms in total. The van der Waals surface area contributed by atoms with Crippen molar-refractivity contribution in [2.45, 2.75) is 45.6 Å². The predicted molar refractivity (Wildman–Crippen MR) is 114 cm³/mol. The maximum atomic E-state index is 14.1. The van der Waals surface area contributed by atoms with Crippen LogP contribution in [0.4, 0.5) is 4.39 Å². The summed E-state index contributed by atoms with van der Waals surface area (Å²) in [6.07, 6.45) is 3.16. The number of piperidine rings is 1. The molecule has 3 aromatic rings. The SMILES string of the molecule is Cc1c(C(=O)N2CCC(c3n[nH]c(=S)n3C(C)C)CC2)cnn1-c1ccccc1F. The van der Waals surface area contributed by atoms with Crippen molar-refractivity contribution < 1.29 is 9.18 Å². The van der Waals surface area contributed by atoms with Gasteiger partial charge in [-0.1, -0.05) is 12.1 Å². The highest BCUT2D eigenvalue weighted by Crippen LogP contribution is 2.29. The zero-order chi connectivity index (χ0) is 21.4. The summed E-state index contributed by atoms with van der Waals surface area (Å²) < 4.78 is 18.3. The van der Waals surface area contributed by atoms with Gasteiger partial charge in [-0.05, 0) is 58.0 Å². The van der Waals surface area contributed by atoms with Crippen molar-refractivity contribution in [3.05, 3.63) is 58.1 Å². The largest absolute Gasteiger partial charge is 0.338 e. The number of nitrogens with zero attached hydrogens (tertiary/aromatic N) is 5. The number of likely N-dealkylation sites (tertiary alicyclic amines) is 1. The van der Waals surface area contributed by atoms with E-state index in [9.17, 15) is 9.18 Å². The molecule has 9 heteroatoms. The van der Waals surface area contributed by atoms with E-state index in [0.29, 0.717) is 34.8 Å². The topological polar surface area (TPSA) is 71.7 Å². The summed E-state index contributed by atoms with van der Waals surface area (Å²) in [6, 6.07) is 6.65. The molecular weight excluding hydrogens is 403 g/mol. The molecule has 1 aromatic carbocycles. The van der Waals surface area contributed by atoms with Gasteiger partial charge in [0.15, 0.2) is 4.77 Å². The minimum Gasteiger partial charge on any atom is -0.338 e. The lowest BCUT2D eigenvalue weighted by atomic mass is 9.95. The van der Waals surface area contributed by atoms with Crippen LogP contribution in [0.3, 0.4) is 0 Å². The smallest absolute Gasteiger partial charge is 0.257 e. The molecule has 1 aliphatic heterocycles. The number of nitrogens with one attached hydrogen (secondary N) is 1. The maximum Gasteiger partial charge on any atom is 0.257 e. The van der Waals surface area contributed by atoms with Crippen molar-refractivity contribution in [3.8, 4) is 5.69 Å². The van der Waals surface area contributed by atoms with Gasteiger partial charge in [-0.2, -0.15) is 10.2 Å². The van der Waals surface area contributed by atoms with E-state index >= 15 is 0 Å². The van der Waals surface area contributed by atoms with E-state index in [1.165, 1.54) is 16.9 Å². The molecule has 158 valence electrons. The van der Waals surface area contributed by atoms with Gasteiger partial charge < -0.3 is 9.47 Å². The van der Waals surface area contributed by atoms with Crippen LogP contribution in [0.2, 0.25) is 0 Å². The van der Waals surface area contributed by atoms with E-state index < -0.39 is 0 Å². The van der Waals surface area contributed by atoms with E-state index in [1.807, 2.05) is 4.90 Å². The molecule has 1 N–H and O–H groups in total. The van der Waals surface area contributed by atoms with Crippen molar-refractivity contribution in [2.24, 2.45) is 0 Å². The monoisotopic (exact) mass is 428 g/mol. The molecule has 1 aliphatic rings. The second kappa shape index (κ2) is 8.14. The molecule has 0 unspecified atom stereocenters. The summed E-state index contributed by atoms with van der Waals surface area (Å²) in [4.78, 5) is 14.9. The number of hydrogen-bond donors (Lipinski definition) is 1. The molecule has 3 heterocycles. The number of amides is 1. The maximum absolute atomic E-state index is 14.1. The molecule has 1 fully saturated rings. The number of benzene rings is 1. The number of halogens is 1. The lowest BCUT2D eigenvalue weighted by Gasteiger charge is -2.32. The number of carbonyl (C=O) groups is 1. The number of hydrogen-bond acceptors (Lipinski definition) is 4. The van der Waals surface area contributed by atoms with Gasteiger partial charge >= 0.3 is 0 Å². The first kappa shape index (κ1) is 20.5. The van der Waals surface area contributed by atoms with Crippen LogP contribution in [0.5, 0.6) is 0 Å². The Labute approximate surface area is 179 Å². The highest BCUT2D eigenvalue weighted by Gasteiger charge is 2.29. The van der Waals surface area contributed by atoms with Crippen LogP contribution in [-0.4, -0.2) is 48.4 Å². The molecule has 0 spiro atoms. The first-order valence-corrected chi connectivity index (χ1v) is 10.5. The number of para-hydroxylation sites is 1. The summed E-state index contributed by atoms with van der Waals surface area (Å²) in [5, 5.41) is 11.6.